The number of sulfonamides is 1. The third-order valence-electron chi connectivity index (χ3n) is 2.01. The van der Waals surface area contributed by atoms with Crippen molar-refractivity contribution in [2.75, 3.05) is 13.1 Å². The molecule has 86 valence electrons. The smallest absolute Gasteiger partial charge is 0.219 e. The lowest BCUT2D eigenvalue weighted by atomic mass is 10.3. The van der Waals surface area contributed by atoms with Crippen molar-refractivity contribution in [1.29, 1.82) is 0 Å². The van der Waals surface area contributed by atoms with Crippen molar-refractivity contribution in [1.82, 2.24) is 4.31 Å². The summed E-state index contributed by atoms with van der Waals surface area (Å²) in [6.45, 7) is 9.57. The number of hydrogen-bond donors (Lipinski definition) is 1. The van der Waals surface area contributed by atoms with E-state index in [4.69, 9.17) is 5.73 Å². The van der Waals surface area contributed by atoms with Crippen molar-refractivity contribution in [3.63, 3.8) is 0 Å². The summed E-state index contributed by atoms with van der Waals surface area (Å²) < 4.78 is 24.8. The Kier molecular flexibility index (Phi) is 4.55. The maximum atomic E-state index is 12.1. The number of hydrogen-bond acceptors (Lipinski definition) is 3. The summed E-state index contributed by atoms with van der Waals surface area (Å²) in [6.07, 6.45) is 0. The molecular weight excluding hydrogens is 200 g/mol. The van der Waals surface area contributed by atoms with E-state index in [9.17, 15) is 8.42 Å². The fraction of sp³-hybridized carbons (Fsp3) is 1.00. The molecule has 0 radical (unpaired) electrons. The molecule has 0 aliphatic heterocycles. The van der Waals surface area contributed by atoms with Gasteiger partial charge in [-0.3, -0.25) is 0 Å². The molecule has 0 heterocycles. The zero-order valence-corrected chi connectivity index (χ0v) is 10.6. The topological polar surface area (TPSA) is 63.4 Å². The molecule has 2 N–H and O–H groups in total. The summed E-state index contributed by atoms with van der Waals surface area (Å²) in [7, 11) is -3.25. The molecule has 0 aliphatic rings. The van der Waals surface area contributed by atoms with Crippen LogP contribution in [0.5, 0.6) is 0 Å². The van der Waals surface area contributed by atoms with E-state index in [1.807, 2.05) is 13.8 Å². The van der Waals surface area contributed by atoms with Gasteiger partial charge < -0.3 is 5.73 Å². The minimum Gasteiger partial charge on any atom is -0.329 e. The highest BCUT2D eigenvalue weighted by atomic mass is 32.2. The third-order valence-corrected chi connectivity index (χ3v) is 4.78. The highest BCUT2D eigenvalue weighted by Gasteiger charge is 2.35. The molecule has 0 bridgehead atoms. The van der Waals surface area contributed by atoms with Crippen LogP contribution in [-0.4, -0.2) is 36.6 Å². The van der Waals surface area contributed by atoms with Gasteiger partial charge in [0.1, 0.15) is 0 Å². The van der Waals surface area contributed by atoms with Crippen molar-refractivity contribution in [2.24, 2.45) is 5.73 Å². The minimum atomic E-state index is -3.25. The molecule has 0 unspecified atom stereocenters. The Morgan fingerprint density at radius 1 is 1.29 bits per heavy atom. The summed E-state index contributed by atoms with van der Waals surface area (Å²) in [6, 6.07) is -0.0391. The second kappa shape index (κ2) is 4.59. The first-order valence-corrected chi connectivity index (χ1v) is 6.30. The average molecular weight is 222 g/mol. The Bertz CT molecular complexity index is 265. The van der Waals surface area contributed by atoms with Gasteiger partial charge in [0.2, 0.25) is 10.0 Å². The Labute approximate surface area is 87.5 Å². The van der Waals surface area contributed by atoms with Crippen molar-refractivity contribution in [3.05, 3.63) is 0 Å². The number of nitrogens with two attached hydrogens (primary N) is 1. The highest BCUT2D eigenvalue weighted by Crippen LogP contribution is 2.21. The summed E-state index contributed by atoms with van der Waals surface area (Å²) in [4.78, 5) is 0. The van der Waals surface area contributed by atoms with Crippen LogP contribution in [0.15, 0.2) is 0 Å². The molecule has 4 nitrogen and oxygen atoms in total. The predicted octanol–water partition coefficient (Wildman–Crippen LogP) is 0.784. The van der Waals surface area contributed by atoms with Crippen molar-refractivity contribution in [3.8, 4) is 0 Å². The zero-order valence-electron chi connectivity index (χ0n) is 9.74. The van der Waals surface area contributed by atoms with E-state index in [0.717, 1.165) is 0 Å². The van der Waals surface area contributed by atoms with Crippen molar-refractivity contribution >= 4 is 10.0 Å². The van der Waals surface area contributed by atoms with Crippen LogP contribution in [0.1, 0.15) is 34.6 Å². The molecular formula is C9H22N2O2S. The van der Waals surface area contributed by atoms with Crippen LogP contribution < -0.4 is 5.73 Å². The third kappa shape index (κ3) is 2.93. The first-order valence-electron chi connectivity index (χ1n) is 4.86. The van der Waals surface area contributed by atoms with E-state index in [1.54, 1.807) is 20.8 Å². The molecule has 0 aromatic carbocycles. The van der Waals surface area contributed by atoms with Gasteiger partial charge in [0.05, 0.1) is 4.75 Å². The van der Waals surface area contributed by atoms with Crippen LogP contribution in [0, 0.1) is 0 Å². The average Bonchev–Trinajstić information content (AvgIpc) is 1.96. The number of nitrogens with zero attached hydrogens (tertiary/aromatic N) is 1. The fourth-order valence-electron chi connectivity index (χ4n) is 1.13. The zero-order chi connectivity index (χ0) is 11.6. The van der Waals surface area contributed by atoms with Gasteiger partial charge in [-0.05, 0) is 34.6 Å². The molecule has 0 rings (SSSR count). The molecule has 0 aromatic rings. The molecule has 0 spiro atoms. The first kappa shape index (κ1) is 13.9. The number of rotatable bonds is 4. The molecule has 0 fully saturated rings. The first-order chi connectivity index (χ1) is 6.14. The van der Waals surface area contributed by atoms with Gasteiger partial charge in [0.15, 0.2) is 0 Å². The van der Waals surface area contributed by atoms with E-state index in [1.165, 1.54) is 4.31 Å². The summed E-state index contributed by atoms with van der Waals surface area (Å²) in [5.41, 5.74) is 5.40. The molecule has 0 saturated heterocycles. The van der Waals surface area contributed by atoms with Crippen LogP contribution >= 0.6 is 0 Å². The van der Waals surface area contributed by atoms with Gasteiger partial charge in [-0.2, -0.15) is 4.31 Å². The van der Waals surface area contributed by atoms with E-state index < -0.39 is 14.8 Å². The van der Waals surface area contributed by atoms with Crippen molar-refractivity contribution in [2.45, 2.75) is 45.4 Å². The molecule has 0 amide bonds. The van der Waals surface area contributed by atoms with Gasteiger partial charge in [0.25, 0.3) is 0 Å². The molecule has 0 aromatic heterocycles. The summed E-state index contributed by atoms with van der Waals surface area (Å²) in [5, 5.41) is 0. The molecule has 14 heavy (non-hydrogen) atoms. The maximum Gasteiger partial charge on any atom is 0.219 e. The fourth-order valence-corrected chi connectivity index (χ4v) is 2.74. The van der Waals surface area contributed by atoms with Crippen molar-refractivity contribution < 1.29 is 8.42 Å². The van der Waals surface area contributed by atoms with Crippen LogP contribution in [0.4, 0.5) is 0 Å². The van der Waals surface area contributed by atoms with Gasteiger partial charge in [0, 0.05) is 19.1 Å². The van der Waals surface area contributed by atoms with E-state index in [2.05, 4.69) is 0 Å². The Morgan fingerprint density at radius 3 is 1.93 bits per heavy atom. The lowest BCUT2D eigenvalue weighted by Gasteiger charge is -2.32. The van der Waals surface area contributed by atoms with Crippen LogP contribution in [0.2, 0.25) is 0 Å². The minimum absolute atomic E-state index is 0.0391. The Balaban J connectivity index is 5.02. The quantitative estimate of drug-likeness (QED) is 0.764. The normalized spacial score (nSPS) is 14.0. The summed E-state index contributed by atoms with van der Waals surface area (Å²) in [5.74, 6) is 0. The van der Waals surface area contributed by atoms with E-state index in [-0.39, 0.29) is 6.04 Å². The van der Waals surface area contributed by atoms with Crippen LogP contribution in [0.25, 0.3) is 0 Å². The van der Waals surface area contributed by atoms with E-state index >= 15 is 0 Å². The van der Waals surface area contributed by atoms with Gasteiger partial charge >= 0.3 is 0 Å². The second-order valence-electron chi connectivity index (χ2n) is 4.61. The highest BCUT2D eigenvalue weighted by molar-refractivity contribution is 7.90. The van der Waals surface area contributed by atoms with Gasteiger partial charge in [-0.1, -0.05) is 0 Å². The Hall–Kier alpha value is -0.130. The monoisotopic (exact) mass is 222 g/mol. The second-order valence-corrected chi connectivity index (χ2v) is 7.25. The molecule has 0 saturated carbocycles. The van der Waals surface area contributed by atoms with E-state index in [0.29, 0.717) is 13.1 Å². The molecule has 0 atom stereocenters. The Morgan fingerprint density at radius 2 is 1.71 bits per heavy atom. The SMILES string of the molecule is CC(C)N(CCN)S(=O)(=O)C(C)(C)C. The predicted molar refractivity (Wildman–Crippen MR) is 59.6 cm³/mol. The summed E-state index contributed by atoms with van der Waals surface area (Å²) >= 11 is 0. The largest absolute Gasteiger partial charge is 0.329 e. The molecule has 5 heteroatoms. The van der Waals surface area contributed by atoms with Crippen LogP contribution in [-0.2, 0) is 10.0 Å². The van der Waals surface area contributed by atoms with Gasteiger partial charge in [-0.15, -0.1) is 0 Å². The lowest BCUT2D eigenvalue weighted by Crippen LogP contribution is -2.48. The standard InChI is InChI=1S/C9H22N2O2S/c1-8(2)11(7-6-10)14(12,13)9(3,4)5/h8H,6-7,10H2,1-5H3. The van der Waals surface area contributed by atoms with Crippen LogP contribution in [0.3, 0.4) is 0 Å². The maximum absolute atomic E-state index is 12.1. The molecule has 0 aliphatic carbocycles. The van der Waals surface area contributed by atoms with Gasteiger partial charge in [-0.25, -0.2) is 8.42 Å². The lowest BCUT2D eigenvalue weighted by molar-refractivity contribution is 0.349.